The Kier molecular flexibility index (Phi) is 14.9. The molecule has 0 aliphatic carbocycles. The van der Waals surface area contributed by atoms with Gasteiger partial charge < -0.3 is 24.4 Å². The predicted octanol–water partition coefficient (Wildman–Crippen LogP) is -2.30. The van der Waals surface area contributed by atoms with E-state index in [2.05, 4.69) is 0 Å². The second-order valence-corrected chi connectivity index (χ2v) is 2.45. The van der Waals surface area contributed by atoms with Crippen LogP contribution in [0.4, 0.5) is 0 Å². The second kappa shape index (κ2) is 7.85. The molecule has 12 heteroatoms. The molecular formula is H4MnNO8S2. The molecule has 0 heterocycles. The Morgan fingerprint density at radius 2 is 0.667 bits per heavy atom. The smallest absolute Gasteiger partial charge is 0.759 e. The summed E-state index contributed by atoms with van der Waals surface area (Å²) >= 11 is 0. The molecule has 0 amide bonds. The van der Waals surface area contributed by atoms with E-state index in [0.717, 1.165) is 0 Å². The maximum Gasteiger partial charge on any atom is 3.00 e. The Hall–Kier alpha value is 0.219. The van der Waals surface area contributed by atoms with E-state index < -0.39 is 20.8 Å². The van der Waals surface area contributed by atoms with Gasteiger partial charge in [0.05, 0.1) is 0 Å². The summed E-state index contributed by atoms with van der Waals surface area (Å²) in [5, 5.41) is 0. The van der Waals surface area contributed by atoms with Crippen molar-refractivity contribution in [3.63, 3.8) is 0 Å². The van der Waals surface area contributed by atoms with Gasteiger partial charge >= 0.3 is 17.1 Å². The third-order valence-corrected chi connectivity index (χ3v) is 0. The van der Waals surface area contributed by atoms with Crippen LogP contribution in [0, 0.1) is 0 Å². The molecule has 4 N–H and O–H groups in total. The van der Waals surface area contributed by atoms with Gasteiger partial charge in [-0.25, -0.2) is 0 Å². The summed E-state index contributed by atoms with van der Waals surface area (Å²) in [7, 11) is -10.3. The molecule has 9 nitrogen and oxygen atoms in total. The van der Waals surface area contributed by atoms with Crippen LogP contribution in [0.5, 0.6) is 0 Å². The zero-order chi connectivity index (χ0) is 9.00. The molecule has 0 atom stereocenters. The minimum absolute atomic E-state index is 0. The van der Waals surface area contributed by atoms with Crippen molar-refractivity contribution in [2.75, 3.05) is 0 Å². The van der Waals surface area contributed by atoms with Crippen LogP contribution in [0.25, 0.3) is 0 Å². The first-order chi connectivity index (χ1) is 4.00. The molecule has 0 fully saturated rings. The summed E-state index contributed by atoms with van der Waals surface area (Å²) in [6.07, 6.45) is 0. The average Bonchev–Trinajstić information content (AvgIpc) is 1.12. The van der Waals surface area contributed by atoms with Crippen molar-refractivity contribution in [1.29, 1.82) is 0 Å². The zero-order valence-corrected chi connectivity index (χ0v) is 8.27. The van der Waals surface area contributed by atoms with E-state index in [-0.39, 0.29) is 23.2 Å². The van der Waals surface area contributed by atoms with Gasteiger partial charge in [-0.2, -0.15) is 0 Å². The average molecular weight is 265 g/mol. The topological polar surface area (TPSA) is 197 Å². The number of hydrogen-bond donors (Lipinski definition) is 1. The monoisotopic (exact) mass is 265 g/mol. The Labute approximate surface area is 79.4 Å². The van der Waals surface area contributed by atoms with E-state index in [9.17, 15) is 0 Å². The summed E-state index contributed by atoms with van der Waals surface area (Å²) in [6.45, 7) is 0. The number of quaternary nitrogens is 1. The Balaban J connectivity index is -0.0000000457. The van der Waals surface area contributed by atoms with Crippen LogP contribution >= 0.6 is 0 Å². The van der Waals surface area contributed by atoms with Crippen molar-refractivity contribution < 1.29 is 52.1 Å². The Bertz CT molecular complexity index is 213. The van der Waals surface area contributed by atoms with Gasteiger partial charge in [-0.15, -0.1) is 0 Å². The quantitative estimate of drug-likeness (QED) is 0.286. The molecule has 0 aliphatic rings. The summed E-state index contributed by atoms with van der Waals surface area (Å²) in [5.41, 5.74) is 0. The van der Waals surface area contributed by atoms with Crippen molar-refractivity contribution in [3.8, 4) is 0 Å². The fraction of sp³-hybridized carbons (Fsp3) is 0. The molecule has 0 spiro atoms. The van der Waals surface area contributed by atoms with E-state index in [1.54, 1.807) is 0 Å². The van der Waals surface area contributed by atoms with Gasteiger partial charge in [-0.1, -0.05) is 0 Å². The van der Waals surface area contributed by atoms with Gasteiger partial charge in [0, 0.05) is 20.8 Å². The molecule has 76 valence electrons. The van der Waals surface area contributed by atoms with E-state index in [0.29, 0.717) is 0 Å². The molecule has 0 aromatic carbocycles. The molecule has 0 radical (unpaired) electrons. The van der Waals surface area contributed by atoms with Crippen molar-refractivity contribution in [2.45, 2.75) is 0 Å². The van der Waals surface area contributed by atoms with Crippen LogP contribution in [0.3, 0.4) is 0 Å². The third kappa shape index (κ3) is 18000. The molecule has 0 bridgehead atoms. The maximum absolute atomic E-state index is 8.52. The zero-order valence-electron chi connectivity index (χ0n) is 5.46. The van der Waals surface area contributed by atoms with Crippen LogP contribution in [-0.2, 0) is 37.9 Å². The van der Waals surface area contributed by atoms with Crippen LogP contribution in [-0.4, -0.2) is 35.0 Å². The first kappa shape index (κ1) is 22.8. The van der Waals surface area contributed by atoms with Crippen molar-refractivity contribution >= 4 is 20.8 Å². The Morgan fingerprint density at radius 1 is 0.667 bits per heavy atom. The van der Waals surface area contributed by atoms with Crippen molar-refractivity contribution in [1.82, 2.24) is 6.15 Å². The molecule has 0 saturated heterocycles. The normalized spacial score (nSPS) is 9.67. The molecule has 0 aromatic heterocycles. The molecule has 12 heavy (non-hydrogen) atoms. The standard InChI is InChI=1S/Mn.H3N.2H2O4S/c;;2*1-5(2,3)4/h;1H3;2*(H2,1,2,3,4)/q+3;;;/p-3. The molecular weight excluding hydrogens is 261 g/mol. The minimum Gasteiger partial charge on any atom is -0.759 e. The molecule has 0 saturated carbocycles. The molecule has 0 unspecified atom stereocenters. The van der Waals surface area contributed by atoms with Gasteiger partial charge in [0.25, 0.3) is 0 Å². The van der Waals surface area contributed by atoms with E-state index >= 15 is 0 Å². The minimum atomic E-state index is -5.17. The molecule has 0 rings (SSSR count). The van der Waals surface area contributed by atoms with E-state index in [1.165, 1.54) is 0 Å². The van der Waals surface area contributed by atoms with Gasteiger partial charge in [-0.05, 0) is 0 Å². The fourth-order valence-electron chi connectivity index (χ4n) is 0. The van der Waals surface area contributed by atoms with E-state index in [4.69, 9.17) is 35.0 Å². The van der Waals surface area contributed by atoms with Gasteiger partial charge in [-0.3, -0.25) is 16.8 Å². The largest absolute Gasteiger partial charge is 3.00 e. The van der Waals surface area contributed by atoms with E-state index in [1.807, 2.05) is 0 Å². The SMILES string of the molecule is O=S(=O)([O-])[O-].O=S(=O)([O-])[O-].[Mn+3].[NH4+]. The van der Waals surface area contributed by atoms with Gasteiger partial charge in [0.1, 0.15) is 0 Å². The predicted molar refractivity (Wildman–Crippen MR) is 26.9 cm³/mol. The van der Waals surface area contributed by atoms with Crippen LogP contribution in [0.2, 0.25) is 0 Å². The number of hydrogen-bond acceptors (Lipinski definition) is 8. The molecule has 0 aromatic rings. The van der Waals surface area contributed by atoms with Gasteiger partial charge in [0.15, 0.2) is 0 Å². The van der Waals surface area contributed by atoms with Gasteiger partial charge in [0.2, 0.25) is 0 Å². The Morgan fingerprint density at radius 3 is 0.667 bits per heavy atom. The first-order valence-electron chi connectivity index (χ1n) is 1.33. The van der Waals surface area contributed by atoms with Crippen molar-refractivity contribution in [3.05, 3.63) is 0 Å². The number of rotatable bonds is 0. The third-order valence-electron chi connectivity index (χ3n) is 0. The second-order valence-electron chi connectivity index (χ2n) is 0.816. The fourth-order valence-corrected chi connectivity index (χ4v) is 0. The summed E-state index contributed by atoms with van der Waals surface area (Å²) in [5.74, 6) is 0. The van der Waals surface area contributed by atoms with Crippen LogP contribution in [0.1, 0.15) is 0 Å². The molecule has 0 aliphatic heterocycles. The van der Waals surface area contributed by atoms with Crippen molar-refractivity contribution in [2.24, 2.45) is 0 Å². The first-order valence-corrected chi connectivity index (χ1v) is 4.00. The van der Waals surface area contributed by atoms with Crippen LogP contribution in [0.15, 0.2) is 0 Å². The summed E-state index contributed by atoms with van der Waals surface area (Å²) in [4.78, 5) is 0. The van der Waals surface area contributed by atoms with Crippen LogP contribution < -0.4 is 6.15 Å². The summed E-state index contributed by atoms with van der Waals surface area (Å²) in [6, 6.07) is 0. The summed E-state index contributed by atoms with van der Waals surface area (Å²) < 4.78 is 68.2. The maximum atomic E-state index is 8.52.